The molecule has 3 rings (SSSR count). The van der Waals surface area contributed by atoms with Crippen molar-refractivity contribution in [2.24, 2.45) is 29.2 Å². The van der Waals surface area contributed by atoms with Crippen LogP contribution >= 0.6 is 11.8 Å². The van der Waals surface area contributed by atoms with E-state index in [0.29, 0.717) is 24.0 Å². The third-order valence-corrected chi connectivity index (χ3v) is 22.4. The summed E-state index contributed by atoms with van der Waals surface area (Å²) in [6, 6.07) is -8.13. The van der Waals surface area contributed by atoms with Crippen molar-refractivity contribution >= 4 is 130 Å². The molecule has 0 aliphatic carbocycles. The van der Waals surface area contributed by atoms with Crippen LogP contribution in [0.25, 0.3) is 0 Å². The maximum Gasteiger partial charge on any atom is 0.326 e. The van der Waals surface area contributed by atoms with E-state index in [9.17, 15) is 142 Å². The summed E-state index contributed by atoms with van der Waals surface area (Å²) in [5.41, 5.74) is 12.9. The zero-order valence-electron chi connectivity index (χ0n) is 76.7. The first kappa shape index (κ1) is 116. The Kier molecular flexibility index (Phi) is 51.1. The number of amides is 16. The highest BCUT2D eigenvalue weighted by atomic mass is 32.2. The molecule has 0 spiro atoms. The number of nitrogens with two attached hydrogens (primary N) is 2. The van der Waals surface area contributed by atoms with Crippen LogP contribution in [0.4, 0.5) is 0 Å². The molecule has 29 N–H and O–H groups in total. The molecule has 3 aromatic rings. The number of nitrogens with one attached hydrogen (secondary N) is 16. The van der Waals surface area contributed by atoms with E-state index in [1.807, 2.05) is 0 Å². The van der Waals surface area contributed by atoms with Gasteiger partial charge in [-0.25, -0.2) is 4.79 Å². The van der Waals surface area contributed by atoms with Gasteiger partial charge in [0.1, 0.15) is 102 Å². The van der Waals surface area contributed by atoms with Crippen LogP contribution in [-0.4, -0.2) is 305 Å². The molecule has 0 saturated carbocycles. The van der Waals surface area contributed by atoms with Crippen molar-refractivity contribution in [1.29, 1.82) is 0 Å². The number of phenolic OH excluding ortho intramolecular Hbond substituents is 2. The molecule has 0 fully saturated rings. The van der Waals surface area contributed by atoms with Gasteiger partial charge in [0.25, 0.3) is 0 Å². The van der Waals surface area contributed by atoms with Crippen molar-refractivity contribution in [2.45, 2.75) is 255 Å². The molecule has 48 heteroatoms. The van der Waals surface area contributed by atoms with Crippen LogP contribution in [0.1, 0.15) is 150 Å². The molecular weight excluding hydrogens is 1790 g/mol. The Labute approximate surface area is 783 Å². The van der Waals surface area contributed by atoms with E-state index in [1.54, 1.807) is 64.3 Å². The molecule has 16 amide bonds. The molecule has 20 atom stereocenters. The standard InChI is InChI=1S/C87H130N18O29S/c1-11-43(4)68(84(130)92-47(8)73(119)94-57(32-34-135-10)76(122)97-60(38-66(114)115)79(125)95-55(21-17-18-33-88)77(123)105-70(87(133)134)45(6)13-3)104-83(129)63(42-107)100-78(124)58(37-51-24-28-53(110)29-25-51)96-80(126)61(39-67(116)117)98-82(128)62(41-106)101-85(131)69(44(5)12-2)103-81(127)59(36-49-19-15-14-16-20-49)99-86(132)71(48(9)108)102-64(111)40-90-75(121)56(30-31-65(112)113)93-72(118)46(7)91-74(120)54(89)35-50-22-26-52(109)27-23-50/h14-16,19-20,22-29,43-48,54-63,68-71,106-110H,11-13,17-18,21,30-42,88-89H2,1-10H3,(H,90,121)(H,91,120)(H,92,130)(H,93,118)(H,94,119)(H,95,125)(H,96,126)(H,97,122)(H,98,128)(H,99,132)(H,100,124)(H,101,131)(H,102,111)(H,103,127)(H,104,129)(H,105,123)(H,112,113)(H,114,115)(H,116,117)(H,133,134)/t43-,44-,45-,46-,47-,48+,54-,55-,56-,57-,58-,59-,60-,61-,62-,63-,68-,69-,70-,71-/m0/s1. The summed E-state index contributed by atoms with van der Waals surface area (Å²) >= 11 is 1.23. The molecule has 0 saturated heterocycles. The number of aromatic hydroxyl groups is 2. The van der Waals surface area contributed by atoms with Crippen molar-refractivity contribution in [3.8, 4) is 11.5 Å². The van der Waals surface area contributed by atoms with E-state index in [4.69, 9.17) is 11.5 Å². The summed E-state index contributed by atoms with van der Waals surface area (Å²) in [6.07, 6.45) is -3.43. The van der Waals surface area contributed by atoms with Gasteiger partial charge in [0.2, 0.25) is 94.5 Å². The average molecular weight is 1920 g/mol. The van der Waals surface area contributed by atoms with Gasteiger partial charge in [-0.2, -0.15) is 11.8 Å². The first-order valence-electron chi connectivity index (χ1n) is 43.8. The fourth-order valence-corrected chi connectivity index (χ4v) is 13.5. The van der Waals surface area contributed by atoms with E-state index >= 15 is 0 Å². The molecule has 0 radical (unpaired) electrons. The van der Waals surface area contributed by atoms with E-state index in [-0.39, 0.29) is 74.3 Å². The predicted molar refractivity (Wildman–Crippen MR) is 484 cm³/mol. The number of rotatable bonds is 62. The van der Waals surface area contributed by atoms with Crippen LogP contribution in [0.5, 0.6) is 11.5 Å². The van der Waals surface area contributed by atoms with E-state index < -0.39 is 291 Å². The highest BCUT2D eigenvalue weighted by Crippen LogP contribution is 2.19. The van der Waals surface area contributed by atoms with E-state index in [2.05, 4.69) is 85.1 Å². The lowest BCUT2D eigenvalue weighted by atomic mass is 9.96. The monoisotopic (exact) mass is 1920 g/mol. The van der Waals surface area contributed by atoms with Gasteiger partial charge in [0.15, 0.2) is 0 Å². The number of carbonyl (C=O) groups is 20. The number of carbonyl (C=O) groups excluding carboxylic acids is 16. The van der Waals surface area contributed by atoms with E-state index in [0.717, 1.165) is 6.92 Å². The molecular formula is C87H130N18O29S. The SMILES string of the molecule is CC[C@H](C)[C@H](NC(=O)[C@H](CCCCN)NC(=O)[C@H](CC(=O)O)NC(=O)[C@H](CCSC)NC(=O)[C@H](C)NC(=O)[C@@H](NC(=O)[C@H](CO)NC(=O)[C@H](Cc1ccc(O)cc1)NC(=O)[C@H](CC(=O)O)NC(=O)[C@H](CO)NC(=O)[C@@H](NC(=O)[C@H](Cc1ccccc1)NC(=O)[C@@H](NC(=O)CNC(=O)[C@H](CCC(=O)O)NC(=O)[C@H](C)NC(=O)[C@@H](N)Cc1ccc(O)cc1)[C@@H](C)O)[C@@H](C)CC)[C@@H](C)CC)C(=O)O. The van der Waals surface area contributed by atoms with Gasteiger partial charge < -0.3 is 142 Å². The van der Waals surface area contributed by atoms with Crippen LogP contribution in [0, 0.1) is 17.8 Å². The van der Waals surface area contributed by atoms with Gasteiger partial charge in [0.05, 0.1) is 44.7 Å². The van der Waals surface area contributed by atoms with Crippen molar-refractivity contribution < 1.29 is 142 Å². The Balaban J connectivity index is 1.86. The number of aliphatic hydroxyl groups is 3. The topological polar surface area (TPSA) is 768 Å². The summed E-state index contributed by atoms with van der Waals surface area (Å²) in [7, 11) is 0. The number of benzene rings is 3. The fraction of sp³-hybridized carbons (Fsp3) is 0.563. The van der Waals surface area contributed by atoms with Gasteiger partial charge in [-0.15, -0.1) is 0 Å². The Morgan fingerprint density at radius 3 is 1.15 bits per heavy atom. The molecule has 0 bridgehead atoms. The van der Waals surface area contributed by atoms with Crippen molar-refractivity contribution in [1.82, 2.24) is 85.1 Å². The molecule has 135 heavy (non-hydrogen) atoms. The number of phenols is 2. The maximum atomic E-state index is 14.6. The largest absolute Gasteiger partial charge is 0.508 e. The molecule has 3 aromatic carbocycles. The van der Waals surface area contributed by atoms with Crippen molar-refractivity contribution in [3.05, 3.63) is 95.6 Å². The van der Waals surface area contributed by atoms with Crippen molar-refractivity contribution in [3.63, 3.8) is 0 Å². The maximum absolute atomic E-state index is 14.6. The summed E-state index contributed by atoms with van der Waals surface area (Å²) in [6.45, 7) is 9.76. The molecule has 47 nitrogen and oxygen atoms in total. The Hall–Kier alpha value is -13.2. The van der Waals surface area contributed by atoms with Gasteiger partial charge in [-0.3, -0.25) is 91.1 Å². The number of carboxylic acid groups (broad SMARTS) is 4. The number of thioether (sulfide) groups is 1. The second kappa shape index (κ2) is 59.4. The second-order valence-electron chi connectivity index (χ2n) is 32.6. The summed E-state index contributed by atoms with van der Waals surface area (Å²) in [4.78, 5) is 272. The molecule has 0 aliphatic heterocycles. The second-order valence-corrected chi connectivity index (χ2v) is 33.6. The van der Waals surface area contributed by atoms with Gasteiger partial charge >= 0.3 is 23.9 Å². The fourth-order valence-electron chi connectivity index (χ4n) is 13.1. The molecule has 0 unspecified atom stereocenters. The minimum Gasteiger partial charge on any atom is -0.508 e. The van der Waals surface area contributed by atoms with Gasteiger partial charge in [0, 0.05) is 19.3 Å². The van der Waals surface area contributed by atoms with Gasteiger partial charge in [-0.1, -0.05) is 115 Å². The van der Waals surface area contributed by atoms with Gasteiger partial charge in [-0.05, 0) is 137 Å². The van der Waals surface area contributed by atoms with E-state index in [1.165, 1.54) is 88.0 Å². The zero-order chi connectivity index (χ0) is 102. The third kappa shape index (κ3) is 41.1. The smallest absolute Gasteiger partial charge is 0.326 e. The first-order valence-corrected chi connectivity index (χ1v) is 45.2. The lowest BCUT2D eigenvalue weighted by Crippen LogP contribution is -2.63. The van der Waals surface area contributed by atoms with Crippen LogP contribution in [0.2, 0.25) is 0 Å². The number of carboxylic acids is 4. The molecule has 748 valence electrons. The Bertz CT molecular complexity index is 4520. The minimum absolute atomic E-state index is 0.000480. The normalized spacial score (nSPS) is 15.5. The first-order chi connectivity index (χ1) is 63.6. The van der Waals surface area contributed by atoms with Crippen LogP contribution in [0.3, 0.4) is 0 Å². The quantitative estimate of drug-likeness (QED) is 0.0234. The highest BCUT2D eigenvalue weighted by molar-refractivity contribution is 7.98. The number of aliphatic hydroxyl groups excluding tert-OH is 3. The predicted octanol–water partition coefficient (Wildman–Crippen LogP) is -5.83. The summed E-state index contributed by atoms with van der Waals surface area (Å²) < 4.78 is 0. The number of aliphatic carboxylic acids is 4. The lowest BCUT2D eigenvalue weighted by Gasteiger charge is -2.29. The average Bonchev–Trinajstić information content (AvgIpc) is 0.888. The van der Waals surface area contributed by atoms with Crippen LogP contribution in [0.15, 0.2) is 78.9 Å². The van der Waals surface area contributed by atoms with Crippen LogP contribution in [-0.2, 0) is 115 Å². The summed E-state index contributed by atoms with van der Waals surface area (Å²) in [5.74, 6) is -26.4. The van der Waals surface area contributed by atoms with Crippen molar-refractivity contribution in [2.75, 3.05) is 38.3 Å². The molecule has 0 aromatic heterocycles. The highest BCUT2D eigenvalue weighted by Gasteiger charge is 2.41. The lowest BCUT2D eigenvalue weighted by molar-refractivity contribution is -0.144. The zero-order valence-corrected chi connectivity index (χ0v) is 77.6. The third-order valence-electron chi connectivity index (χ3n) is 21.8. The molecule has 0 aliphatic rings. The number of hydrogen-bond donors (Lipinski definition) is 27. The number of unbranched alkanes of at least 4 members (excludes halogenated alkanes) is 1. The Morgan fingerprint density at radius 2 is 0.704 bits per heavy atom. The summed E-state index contributed by atoms with van der Waals surface area (Å²) in [5, 5.41) is 129. The Morgan fingerprint density at radius 1 is 0.356 bits per heavy atom. The minimum atomic E-state index is -2.19. The molecule has 0 heterocycles. The van der Waals surface area contributed by atoms with Crippen LogP contribution < -0.4 is 96.5 Å². The number of hydrogen-bond acceptors (Lipinski definition) is 28.